The van der Waals surface area contributed by atoms with Gasteiger partial charge < -0.3 is 15.0 Å². The van der Waals surface area contributed by atoms with Crippen molar-refractivity contribution in [2.45, 2.75) is 19.8 Å². The topological polar surface area (TPSA) is 53.1 Å². The molecule has 0 aliphatic heterocycles. The van der Waals surface area contributed by atoms with Gasteiger partial charge >= 0.3 is 0 Å². The quantitative estimate of drug-likeness (QED) is 0.891. The molecule has 2 rings (SSSR count). The Kier molecular flexibility index (Phi) is 4.22. The molecule has 1 aromatic carbocycles. The smallest absolute Gasteiger partial charge is 0.122 e. The molecule has 0 aliphatic rings. The molecule has 0 fully saturated rings. The van der Waals surface area contributed by atoms with Crippen LogP contribution in [0.25, 0.3) is 0 Å². The Bertz CT molecular complexity index is 561. The molecule has 1 heterocycles. The summed E-state index contributed by atoms with van der Waals surface area (Å²) in [6, 6.07) is 6.21. The summed E-state index contributed by atoms with van der Waals surface area (Å²) in [5, 5.41) is 0. The van der Waals surface area contributed by atoms with E-state index in [1.807, 2.05) is 19.3 Å². The van der Waals surface area contributed by atoms with Gasteiger partial charge in [-0.2, -0.15) is 0 Å². The number of nitrogens with zero attached hydrogens (tertiary/aromatic N) is 2. The van der Waals surface area contributed by atoms with Gasteiger partial charge in [-0.15, -0.1) is 0 Å². The van der Waals surface area contributed by atoms with E-state index in [1.165, 1.54) is 5.56 Å². The lowest BCUT2D eigenvalue weighted by Gasteiger charge is -2.09. The molecule has 0 aliphatic carbocycles. The van der Waals surface area contributed by atoms with E-state index in [0.29, 0.717) is 6.54 Å². The lowest BCUT2D eigenvalue weighted by molar-refractivity contribution is 0.410. The Hall–Kier alpha value is -1.81. The first-order valence-corrected chi connectivity index (χ1v) is 6.48. The number of methoxy groups -OCH3 is 1. The normalized spacial score (nSPS) is 10.7. The predicted octanol–water partition coefficient (Wildman–Crippen LogP) is 1.83. The van der Waals surface area contributed by atoms with Gasteiger partial charge in [0.15, 0.2) is 0 Å². The van der Waals surface area contributed by atoms with Gasteiger partial charge in [0.25, 0.3) is 0 Å². The van der Waals surface area contributed by atoms with Crippen LogP contribution in [0, 0.1) is 6.92 Å². The van der Waals surface area contributed by atoms with Crippen LogP contribution in [0.3, 0.4) is 0 Å². The van der Waals surface area contributed by atoms with Crippen molar-refractivity contribution in [1.29, 1.82) is 0 Å². The number of benzene rings is 1. The number of ether oxygens (including phenoxy) is 1. The number of hydrogen-bond donors (Lipinski definition) is 1. The Morgan fingerprint density at radius 2 is 2.16 bits per heavy atom. The average Bonchev–Trinajstić information content (AvgIpc) is 2.71. The number of rotatable bonds is 5. The molecule has 19 heavy (non-hydrogen) atoms. The van der Waals surface area contributed by atoms with Crippen LogP contribution >= 0.6 is 0 Å². The van der Waals surface area contributed by atoms with E-state index in [4.69, 9.17) is 10.5 Å². The fraction of sp³-hybridized carbons (Fsp3) is 0.400. The lowest BCUT2D eigenvalue weighted by atomic mass is 10.1. The minimum Gasteiger partial charge on any atom is -0.496 e. The highest BCUT2D eigenvalue weighted by molar-refractivity contribution is 5.38. The number of imidazole rings is 1. The van der Waals surface area contributed by atoms with E-state index in [9.17, 15) is 0 Å². The maximum absolute atomic E-state index is 5.57. The molecule has 2 aromatic rings. The second-order valence-corrected chi connectivity index (χ2v) is 4.79. The molecule has 0 radical (unpaired) electrons. The highest BCUT2D eigenvalue weighted by Gasteiger charge is 2.09. The zero-order chi connectivity index (χ0) is 13.8. The molecule has 0 saturated carbocycles. The van der Waals surface area contributed by atoms with E-state index in [2.05, 4.69) is 28.6 Å². The summed E-state index contributed by atoms with van der Waals surface area (Å²) in [5.41, 5.74) is 9.01. The molecule has 2 N–H and O–H groups in total. The van der Waals surface area contributed by atoms with Gasteiger partial charge in [-0.1, -0.05) is 17.7 Å². The third kappa shape index (κ3) is 3.15. The van der Waals surface area contributed by atoms with Crippen molar-refractivity contribution < 1.29 is 4.74 Å². The number of aryl methyl sites for hydroxylation is 2. The third-order valence-electron chi connectivity index (χ3n) is 3.21. The van der Waals surface area contributed by atoms with Gasteiger partial charge in [-0.3, -0.25) is 0 Å². The molecule has 0 unspecified atom stereocenters. The SMILES string of the molecule is COc1ccc(C)cc1Cc1nc(CCN)cn1C. The van der Waals surface area contributed by atoms with Gasteiger partial charge in [0.1, 0.15) is 11.6 Å². The summed E-state index contributed by atoms with van der Waals surface area (Å²) in [6.07, 6.45) is 3.63. The van der Waals surface area contributed by atoms with Crippen LogP contribution in [0.15, 0.2) is 24.4 Å². The summed E-state index contributed by atoms with van der Waals surface area (Å²) < 4.78 is 7.47. The van der Waals surface area contributed by atoms with Crippen LogP contribution in [-0.4, -0.2) is 23.2 Å². The highest BCUT2D eigenvalue weighted by Crippen LogP contribution is 2.22. The third-order valence-corrected chi connectivity index (χ3v) is 3.21. The van der Waals surface area contributed by atoms with Gasteiger partial charge in [-0.05, 0) is 19.5 Å². The molecule has 0 spiro atoms. The standard InChI is InChI=1S/C15H21N3O/c1-11-4-5-14(19-3)12(8-11)9-15-17-13(6-7-16)10-18(15)2/h4-5,8,10H,6-7,9,16H2,1-3H3. The second kappa shape index (κ2) is 5.89. The van der Waals surface area contributed by atoms with E-state index in [-0.39, 0.29) is 0 Å². The maximum atomic E-state index is 5.57. The zero-order valence-electron chi connectivity index (χ0n) is 11.8. The van der Waals surface area contributed by atoms with Gasteiger partial charge in [0.2, 0.25) is 0 Å². The van der Waals surface area contributed by atoms with E-state index in [1.54, 1.807) is 7.11 Å². The molecule has 0 saturated heterocycles. The van der Waals surface area contributed by atoms with Crippen LogP contribution in [0.2, 0.25) is 0 Å². The Balaban J connectivity index is 2.27. The van der Waals surface area contributed by atoms with Crippen LogP contribution < -0.4 is 10.5 Å². The van der Waals surface area contributed by atoms with Crippen molar-refractivity contribution in [3.05, 3.63) is 47.0 Å². The van der Waals surface area contributed by atoms with E-state index in [0.717, 1.165) is 35.7 Å². The van der Waals surface area contributed by atoms with Crippen molar-refractivity contribution in [3.8, 4) is 5.75 Å². The van der Waals surface area contributed by atoms with Crippen molar-refractivity contribution >= 4 is 0 Å². The molecule has 4 nitrogen and oxygen atoms in total. The first-order valence-electron chi connectivity index (χ1n) is 6.48. The monoisotopic (exact) mass is 259 g/mol. The second-order valence-electron chi connectivity index (χ2n) is 4.79. The number of aromatic nitrogens is 2. The Morgan fingerprint density at radius 3 is 2.84 bits per heavy atom. The highest BCUT2D eigenvalue weighted by atomic mass is 16.5. The molecular weight excluding hydrogens is 238 g/mol. The van der Waals surface area contributed by atoms with Crippen molar-refractivity contribution in [3.63, 3.8) is 0 Å². The molecule has 102 valence electrons. The van der Waals surface area contributed by atoms with Crippen LogP contribution in [0.4, 0.5) is 0 Å². The van der Waals surface area contributed by atoms with Crippen LogP contribution in [0.1, 0.15) is 22.6 Å². The lowest BCUT2D eigenvalue weighted by Crippen LogP contribution is -2.03. The summed E-state index contributed by atoms with van der Waals surface area (Å²) in [7, 11) is 3.72. The van der Waals surface area contributed by atoms with E-state index >= 15 is 0 Å². The first kappa shape index (κ1) is 13.6. The first-order chi connectivity index (χ1) is 9.13. The van der Waals surface area contributed by atoms with E-state index < -0.39 is 0 Å². The summed E-state index contributed by atoms with van der Waals surface area (Å²) in [4.78, 5) is 4.63. The zero-order valence-corrected chi connectivity index (χ0v) is 11.8. The average molecular weight is 259 g/mol. The minimum atomic E-state index is 0.629. The number of nitrogens with two attached hydrogens (primary N) is 1. The van der Waals surface area contributed by atoms with Crippen molar-refractivity contribution in [1.82, 2.24) is 9.55 Å². The van der Waals surface area contributed by atoms with Gasteiger partial charge in [-0.25, -0.2) is 4.98 Å². The molecule has 0 bridgehead atoms. The molecule has 1 aromatic heterocycles. The summed E-state index contributed by atoms with van der Waals surface area (Å²) >= 11 is 0. The maximum Gasteiger partial charge on any atom is 0.122 e. The molecular formula is C15H21N3O. The van der Waals surface area contributed by atoms with Crippen LogP contribution in [-0.2, 0) is 19.9 Å². The molecule has 4 heteroatoms. The summed E-state index contributed by atoms with van der Waals surface area (Å²) in [6.45, 7) is 2.71. The predicted molar refractivity (Wildman–Crippen MR) is 76.5 cm³/mol. The van der Waals surface area contributed by atoms with Crippen molar-refractivity contribution in [2.75, 3.05) is 13.7 Å². The Morgan fingerprint density at radius 1 is 1.37 bits per heavy atom. The Labute approximate surface area is 114 Å². The molecule has 0 amide bonds. The minimum absolute atomic E-state index is 0.629. The summed E-state index contributed by atoms with van der Waals surface area (Å²) in [5.74, 6) is 1.95. The fourth-order valence-electron chi connectivity index (χ4n) is 2.22. The van der Waals surface area contributed by atoms with Gasteiger partial charge in [0, 0.05) is 31.6 Å². The van der Waals surface area contributed by atoms with Crippen LogP contribution in [0.5, 0.6) is 5.75 Å². The largest absolute Gasteiger partial charge is 0.496 e. The number of hydrogen-bond acceptors (Lipinski definition) is 3. The van der Waals surface area contributed by atoms with Gasteiger partial charge in [0.05, 0.1) is 12.8 Å². The fourth-order valence-corrected chi connectivity index (χ4v) is 2.22. The van der Waals surface area contributed by atoms with Crippen molar-refractivity contribution in [2.24, 2.45) is 12.8 Å². The molecule has 0 atom stereocenters.